The summed E-state index contributed by atoms with van der Waals surface area (Å²) in [4.78, 5) is 2.57. The summed E-state index contributed by atoms with van der Waals surface area (Å²) in [6, 6.07) is 9.80. The van der Waals surface area contributed by atoms with Gasteiger partial charge >= 0.3 is 0 Å². The SMILES string of the molecule is CCc1ccc(C(NC)C(C)N2CCOCC2(C)C)cc1. The smallest absolute Gasteiger partial charge is 0.0645 e. The number of ether oxygens (including phenoxy) is 1. The van der Waals surface area contributed by atoms with E-state index in [-0.39, 0.29) is 5.54 Å². The number of likely N-dealkylation sites (N-methyl/N-ethyl adjacent to an activating group) is 1. The van der Waals surface area contributed by atoms with Crippen LogP contribution in [0.3, 0.4) is 0 Å². The standard InChI is InChI=1S/C18H30N2O/c1-6-15-7-9-16(10-8-15)17(19-5)14(2)20-11-12-21-13-18(20,3)4/h7-10,14,17,19H,6,11-13H2,1-5H3. The number of nitrogens with one attached hydrogen (secondary N) is 1. The van der Waals surface area contributed by atoms with Gasteiger partial charge in [-0.25, -0.2) is 0 Å². The van der Waals surface area contributed by atoms with E-state index in [2.05, 4.69) is 69.2 Å². The minimum Gasteiger partial charge on any atom is -0.378 e. The van der Waals surface area contributed by atoms with Crippen LogP contribution in [-0.4, -0.2) is 43.3 Å². The second-order valence-electron chi connectivity index (χ2n) is 6.66. The molecule has 1 aliphatic rings. The Bertz CT molecular complexity index is 441. The first-order valence-electron chi connectivity index (χ1n) is 8.10. The average Bonchev–Trinajstić information content (AvgIpc) is 2.48. The third-order valence-electron chi connectivity index (χ3n) is 4.74. The third kappa shape index (κ3) is 3.65. The summed E-state index contributed by atoms with van der Waals surface area (Å²) in [5.74, 6) is 0. The lowest BCUT2D eigenvalue weighted by molar-refractivity contribution is -0.0747. The minimum absolute atomic E-state index is 0.0934. The molecule has 0 spiro atoms. The highest BCUT2D eigenvalue weighted by Gasteiger charge is 2.36. The average molecular weight is 290 g/mol. The van der Waals surface area contributed by atoms with E-state index in [4.69, 9.17) is 4.74 Å². The van der Waals surface area contributed by atoms with Crippen molar-refractivity contribution >= 4 is 0 Å². The molecule has 0 aliphatic carbocycles. The van der Waals surface area contributed by atoms with Crippen LogP contribution in [0.5, 0.6) is 0 Å². The molecule has 0 saturated carbocycles. The third-order valence-corrected chi connectivity index (χ3v) is 4.74. The molecule has 0 bridgehead atoms. The molecule has 21 heavy (non-hydrogen) atoms. The molecule has 3 heteroatoms. The van der Waals surface area contributed by atoms with Gasteiger partial charge in [0.2, 0.25) is 0 Å². The van der Waals surface area contributed by atoms with Crippen LogP contribution in [0.4, 0.5) is 0 Å². The van der Waals surface area contributed by atoms with Crippen LogP contribution in [0, 0.1) is 0 Å². The molecule has 2 unspecified atom stereocenters. The zero-order chi connectivity index (χ0) is 15.5. The summed E-state index contributed by atoms with van der Waals surface area (Å²) >= 11 is 0. The van der Waals surface area contributed by atoms with Gasteiger partial charge in [0, 0.05) is 24.2 Å². The predicted molar refractivity (Wildman–Crippen MR) is 88.7 cm³/mol. The fraction of sp³-hybridized carbons (Fsp3) is 0.667. The molecular weight excluding hydrogens is 260 g/mol. The van der Waals surface area contributed by atoms with Gasteiger partial charge in [0.05, 0.1) is 13.2 Å². The second kappa shape index (κ2) is 6.91. The Morgan fingerprint density at radius 2 is 1.95 bits per heavy atom. The molecule has 118 valence electrons. The first-order valence-corrected chi connectivity index (χ1v) is 8.10. The van der Waals surface area contributed by atoms with Crippen molar-refractivity contribution in [1.82, 2.24) is 10.2 Å². The monoisotopic (exact) mass is 290 g/mol. The second-order valence-corrected chi connectivity index (χ2v) is 6.66. The van der Waals surface area contributed by atoms with Gasteiger partial charge in [-0.15, -0.1) is 0 Å². The van der Waals surface area contributed by atoms with Crippen molar-refractivity contribution in [3.63, 3.8) is 0 Å². The van der Waals surface area contributed by atoms with E-state index in [9.17, 15) is 0 Å². The minimum atomic E-state index is 0.0934. The molecule has 1 fully saturated rings. The Balaban J connectivity index is 2.18. The molecule has 1 heterocycles. The zero-order valence-electron chi connectivity index (χ0n) is 14.1. The number of aryl methyl sites for hydroxylation is 1. The van der Waals surface area contributed by atoms with Crippen molar-refractivity contribution in [2.24, 2.45) is 0 Å². The molecule has 1 saturated heterocycles. The summed E-state index contributed by atoms with van der Waals surface area (Å²) in [7, 11) is 2.06. The molecule has 0 radical (unpaired) electrons. The lowest BCUT2D eigenvalue weighted by Crippen LogP contribution is -2.58. The molecule has 1 aromatic carbocycles. The van der Waals surface area contributed by atoms with E-state index >= 15 is 0 Å². The lowest BCUT2D eigenvalue weighted by atomic mass is 9.93. The van der Waals surface area contributed by atoms with E-state index in [0.29, 0.717) is 12.1 Å². The summed E-state index contributed by atoms with van der Waals surface area (Å²) in [5, 5.41) is 3.51. The molecule has 1 aromatic rings. The summed E-state index contributed by atoms with van der Waals surface area (Å²) in [5.41, 5.74) is 2.85. The quantitative estimate of drug-likeness (QED) is 0.902. The maximum atomic E-state index is 5.65. The molecule has 0 amide bonds. The van der Waals surface area contributed by atoms with E-state index in [0.717, 1.165) is 26.2 Å². The lowest BCUT2D eigenvalue weighted by Gasteiger charge is -2.47. The summed E-state index contributed by atoms with van der Waals surface area (Å²) in [6.07, 6.45) is 1.09. The van der Waals surface area contributed by atoms with Crippen molar-refractivity contribution in [1.29, 1.82) is 0 Å². The molecule has 3 nitrogen and oxygen atoms in total. The number of rotatable bonds is 5. The Morgan fingerprint density at radius 3 is 2.48 bits per heavy atom. The van der Waals surface area contributed by atoms with E-state index in [1.165, 1.54) is 11.1 Å². The number of morpholine rings is 1. The van der Waals surface area contributed by atoms with Crippen molar-refractivity contribution < 1.29 is 4.74 Å². The van der Waals surface area contributed by atoms with Crippen molar-refractivity contribution in [3.8, 4) is 0 Å². The predicted octanol–water partition coefficient (Wildman–Crippen LogP) is 3.01. The number of hydrogen-bond acceptors (Lipinski definition) is 3. The maximum Gasteiger partial charge on any atom is 0.0645 e. The first-order chi connectivity index (χ1) is 9.99. The Kier molecular flexibility index (Phi) is 5.42. The van der Waals surface area contributed by atoms with E-state index < -0.39 is 0 Å². The Labute approximate surface area is 129 Å². The molecule has 2 atom stereocenters. The zero-order valence-corrected chi connectivity index (χ0v) is 14.1. The van der Waals surface area contributed by atoms with Crippen LogP contribution < -0.4 is 5.32 Å². The topological polar surface area (TPSA) is 24.5 Å². The van der Waals surface area contributed by atoms with Gasteiger partial charge in [-0.3, -0.25) is 4.90 Å². The Hall–Kier alpha value is -0.900. The van der Waals surface area contributed by atoms with E-state index in [1.807, 2.05) is 0 Å². The van der Waals surface area contributed by atoms with Gasteiger partial charge in [-0.1, -0.05) is 31.2 Å². The number of hydrogen-bond donors (Lipinski definition) is 1. The van der Waals surface area contributed by atoms with Gasteiger partial charge in [-0.05, 0) is 45.4 Å². The summed E-state index contributed by atoms with van der Waals surface area (Å²) < 4.78 is 5.65. The molecule has 2 rings (SSSR count). The van der Waals surface area contributed by atoms with Gasteiger partial charge in [0.25, 0.3) is 0 Å². The van der Waals surface area contributed by atoms with Crippen molar-refractivity contribution in [3.05, 3.63) is 35.4 Å². The maximum absolute atomic E-state index is 5.65. The van der Waals surface area contributed by atoms with Crippen molar-refractivity contribution in [2.45, 2.75) is 51.7 Å². The Morgan fingerprint density at radius 1 is 1.29 bits per heavy atom. The highest BCUT2D eigenvalue weighted by molar-refractivity contribution is 5.26. The van der Waals surface area contributed by atoms with Crippen LogP contribution >= 0.6 is 0 Å². The largest absolute Gasteiger partial charge is 0.378 e. The highest BCUT2D eigenvalue weighted by Crippen LogP contribution is 2.29. The van der Waals surface area contributed by atoms with Crippen LogP contribution in [0.2, 0.25) is 0 Å². The fourth-order valence-electron chi connectivity index (χ4n) is 3.45. The van der Waals surface area contributed by atoms with Gasteiger partial charge < -0.3 is 10.1 Å². The van der Waals surface area contributed by atoms with Crippen LogP contribution in [0.1, 0.15) is 44.9 Å². The number of nitrogens with zero attached hydrogens (tertiary/aromatic N) is 1. The number of benzene rings is 1. The van der Waals surface area contributed by atoms with Gasteiger partial charge in [0.15, 0.2) is 0 Å². The van der Waals surface area contributed by atoms with Crippen LogP contribution in [0.15, 0.2) is 24.3 Å². The highest BCUT2D eigenvalue weighted by atomic mass is 16.5. The van der Waals surface area contributed by atoms with Gasteiger partial charge in [-0.2, -0.15) is 0 Å². The molecule has 1 aliphatic heterocycles. The molecule has 1 N–H and O–H groups in total. The fourth-order valence-corrected chi connectivity index (χ4v) is 3.45. The molecular formula is C18H30N2O. The summed E-state index contributed by atoms with van der Waals surface area (Å²) in [6.45, 7) is 11.7. The first kappa shape index (κ1) is 16.5. The van der Waals surface area contributed by atoms with Crippen molar-refractivity contribution in [2.75, 3.05) is 26.8 Å². The molecule has 0 aromatic heterocycles. The normalized spacial score (nSPS) is 22.0. The van der Waals surface area contributed by atoms with Crippen LogP contribution in [-0.2, 0) is 11.2 Å². The van der Waals surface area contributed by atoms with Gasteiger partial charge in [0.1, 0.15) is 0 Å². The van der Waals surface area contributed by atoms with Crippen LogP contribution in [0.25, 0.3) is 0 Å². The van der Waals surface area contributed by atoms with E-state index in [1.54, 1.807) is 0 Å².